The van der Waals surface area contributed by atoms with Gasteiger partial charge in [0.25, 0.3) is 0 Å². The Hall–Kier alpha value is -1.59. The summed E-state index contributed by atoms with van der Waals surface area (Å²) in [6.45, 7) is 7.32. The van der Waals surface area contributed by atoms with Gasteiger partial charge in [-0.05, 0) is 58.2 Å². The zero-order chi connectivity index (χ0) is 21.6. The van der Waals surface area contributed by atoms with E-state index >= 15 is 0 Å². The van der Waals surface area contributed by atoms with Crippen molar-refractivity contribution in [3.05, 3.63) is 29.8 Å². The Morgan fingerprint density at radius 1 is 1.17 bits per heavy atom. The van der Waals surface area contributed by atoms with Crippen molar-refractivity contribution in [1.29, 1.82) is 0 Å². The van der Waals surface area contributed by atoms with Gasteiger partial charge in [-0.2, -0.15) is 0 Å². The van der Waals surface area contributed by atoms with Crippen molar-refractivity contribution in [3.8, 4) is 5.75 Å². The first kappa shape index (κ1) is 23.1. The molecule has 2 aliphatic rings. The fraction of sp³-hybridized carbons (Fsp3) is 0.720. The molecule has 0 aliphatic carbocycles. The molecule has 2 saturated heterocycles. The first-order valence-electron chi connectivity index (χ1n) is 11.9. The molecule has 2 fully saturated rings. The Balaban J connectivity index is 1.66. The molecule has 0 bridgehead atoms. The second-order valence-electron chi connectivity index (χ2n) is 9.14. The summed E-state index contributed by atoms with van der Waals surface area (Å²) < 4.78 is 5.97. The summed E-state index contributed by atoms with van der Waals surface area (Å²) >= 11 is 0. The van der Waals surface area contributed by atoms with Gasteiger partial charge in [-0.3, -0.25) is 4.79 Å². The van der Waals surface area contributed by atoms with Crippen LogP contribution in [0.15, 0.2) is 24.3 Å². The lowest BCUT2D eigenvalue weighted by molar-refractivity contribution is -0.144. The highest BCUT2D eigenvalue weighted by molar-refractivity contribution is 5.80. The van der Waals surface area contributed by atoms with Crippen LogP contribution in [-0.4, -0.2) is 60.1 Å². The Morgan fingerprint density at radius 3 is 2.60 bits per heavy atom. The molecule has 2 unspecified atom stereocenters. The van der Waals surface area contributed by atoms with Gasteiger partial charge in [0.15, 0.2) is 0 Å². The van der Waals surface area contributed by atoms with E-state index in [1.807, 2.05) is 29.2 Å². The number of benzene rings is 1. The SMILES string of the molecule is CCCCOc1ccccc1C1(O)CCN(C(=O)C2CCCN(C)C2CCC)CC1. The quantitative estimate of drug-likeness (QED) is 0.646. The molecule has 1 aromatic carbocycles. The van der Waals surface area contributed by atoms with Gasteiger partial charge in [-0.1, -0.05) is 44.9 Å². The summed E-state index contributed by atoms with van der Waals surface area (Å²) in [5.74, 6) is 1.17. The van der Waals surface area contributed by atoms with Crippen LogP contribution >= 0.6 is 0 Å². The van der Waals surface area contributed by atoms with Crippen molar-refractivity contribution < 1.29 is 14.6 Å². The van der Waals surface area contributed by atoms with Crippen LogP contribution in [-0.2, 0) is 10.4 Å². The second kappa shape index (κ2) is 10.6. The molecule has 1 aromatic rings. The highest BCUT2D eigenvalue weighted by Crippen LogP contribution is 2.39. The summed E-state index contributed by atoms with van der Waals surface area (Å²) in [5.41, 5.74) is -0.0550. The van der Waals surface area contributed by atoms with Crippen LogP contribution in [0.1, 0.15) is 70.8 Å². The smallest absolute Gasteiger partial charge is 0.227 e. The van der Waals surface area contributed by atoms with E-state index < -0.39 is 5.60 Å². The molecular formula is C25H40N2O3. The fourth-order valence-corrected chi connectivity index (χ4v) is 5.14. The van der Waals surface area contributed by atoms with Crippen LogP contribution in [0.2, 0.25) is 0 Å². The number of carbonyl (C=O) groups excluding carboxylic acids is 1. The van der Waals surface area contributed by atoms with Crippen molar-refractivity contribution in [3.63, 3.8) is 0 Å². The number of rotatable bonds is 8. The van der Waals surface area contributed by atoms with E-state index in [1.54, 1.807) is 0 Å². The first-order chi connectivity index (χ1) is 14.5. The molecule has 0 radical (unpaired) electrons. The minimum atomic E-state index is -0.925. The summed E-state index contributed by atoms with van der Waals surface area (Å²) in [5, 5.41) is 11.4. The molecule has 5 nitrogen and oxygen atoms in total. The van der Waals surface area contributed by atoms with Gasteiger partial charge >= 0.3 is 0 Å². The molecule has 0 spiro atoms. The second-order valence-corrected chi connectivity index (χ2v) is 9.14. The maximum absolute atomic E-state index is 13.4. The summed E-state index contributed by atoms with van der Waals surface area (Å²) in [7, 11) is 2.16. The van der Waals surface area contributed by atoms with Gasteiger partial charge in [-0.15, -0.1) is 0 Å². The zero-order valence-corrected chi connectivity index (χ0v) is 19.1. The predicted molar refractivity (Wildman–Crippen MR) is 121 cm³/mol. The monoisotopic (exact) mass is 416 g/mol. The number of likely N-dealkylation sites (tertiary alicyclic amines) is 2. The molecule has 1 amide bonds. The summed E-state index contributed by atoms with van der Waals surface area (Å²) in [6, 6.07) is 8.20. The Bertz CT molecular complexity index is 685. The van der Waals surface area contributed by atoms with E-state index in [4.69, 9.17) is 4.74 Å². The molecular weight excluding hydrogens is 376 g/mol. The van der Waals surface area contributed by atoms with E-state index in [-0.39, 0.29) is 11.8 Å². The van der Waals surface area contributed by atoms with Crippen LogP contribution < -0.4 is 4.74 Å². The van der Waals surface area contributed by atoms with Gasteiger partial charge in [0.2, 0.25) is 5.91 Å². The van der Waals surface area contributed by atoms with Gasteiger partial charge < -0.3 is 19.6 Å². The number of amides is 1. The lowest BCUT2D eigenvalue weighted by atomic mass is 9.82. The molecule has 30 heavy (non-hydrogen) atoms. The number of hydrogen-bond donors (Lipinski definition) is 1. The van der Waals surface area contributed by atoms with Crippen LogP contribution in [0.4, 0.5) is 0 Å². The number of piperidine rings is 2. The predicted octanol–water partition coefficient (Wildman–Crippen LogP) is 4.19. The molecule has 3 rings (SSSR count). The summed E-state index contributed by atoms with van der Waals surface area (Å²) in [6.07, 6.45) is 7.47. The molecule has 2 heterocycles. The Labute approximate surface area is 182 Å². The number of para-hydroxylation sites is 1. The number of carbonyl (C=O) groups is 1. The lowest BCUT2D eigenvalue weighted by Crippen LogP contribution is -2.53. The van der Waals surface area contributed by atoms with Crippen molar-refractivity contribution in [1.82, 2.24) is 9.80 Å². The number of hydrogen-bond acceptors (Lipinski definition) is 4. The van der Waals surface area contributed by atoms with Crippen LogP contribution in [0.3, 0.4) is 0 Å². The van der Waals surface area contributed by atoms with Gasteiger partial charge in [0, 0.05) is 24.7 Å². The van der Waals surface area contributed by atoms with Crippen LogP contribution in [0.5, 0.6) is 5.75 Å². The lowest BCUT2D eigenvalue weighted by Gasteiger charge is -2.44. The standard InChI is InChI=1S/C25H40N2O3/c1-4-6-19-30-23-13-8-7-12-21(23)25(29)14-17-27(18-15-25)24(28)20-11-9-16-26(3)22(20)10-5-2/h7-8,12-13,20,22,29H,4-6,9-11,14-19H2,1-3H3. The van der Waals surface area contributed by atoms with Crippen molar-refractivity contribution in [2.75, 3.05) is 33.3 Å². The van der Waals surface area contributed by atoms with E-state index in [1.165, 1.54) is 0 Å². The molecule has 2 atom stereocenters. The molecule has 2 aliphatic heterocycles. The third-order valence-corrected chi connectivity index (χ3v) is 7.00. The normalized spacial score (nSPS) is 24.6. The van der Waals surface area contributed by atoms with Crippen molar-refractivity contribution in [2.24, 2.45) is 5.92 Å². The van der Waals surface area contributed by atoms with Gasteiger partial charge in [0.05, 0.1) is 18.1 Å². The Morgan fingerprint density at radius 2 is 1.90 bits per heavy atom. The average Bonchev–Trinajstić information content (AvgIpc) is 2.76. The van der Waals surface area contributed by atoms with Crippen LogP contribution in [0.25, 0.3) is 0 Å². The van der Waals surface area contributed by atoms with Gasteiger partial charge in [-0.25, -0.2) is 0 Å². The molecule has 0 aromatic heterocycles. The van der Waals surface area contributed by atoms with Crippen molar-refractivity contribution >= 4 is 5.91 Å². The zero-order valence-electron chi connectivity index (χ0n) is 19.1. The third-order valence-electron chi connectivity index (χ3n) is 7.00. The number of nitrogens with zero attached hydrogens (tertiary/aromatic N) is 2. The number of unbranched alkanes of at least 4 members (excludes halogenated alkanes) is 1. The fourth-order valence-electron chi connectivity index (χ4n) is 5.14. The van der Waals surface area contributed by atoms with Gasteiger partial charge in [0.1, 0.15) is 5.75 Å². The minimum absolute atomic E-state index is 0.0968. The number of ether oxygens (including phenoxy) is 1. The largest absolute Gasteiger partial charge is 0.493 e. The van der Waals surface area contributed by atoms with E-state index in [2.05, 4.69) is 25.8 Å². The Kier molecular flexibility index (Phi) is 8.18. The molecule has 0 saturated carbocycles. The first-order valence-corrected chi connectivity index (χ1v) is 11.9. The minimum Gasteiger partial charge on any atom is -0.493 e. The maximum atomic E-state index is 13.4. The highest BCUT2D eigenvalue weighted by Gasteiger charge is 2.41. The number of aliphatic hydroxyl groups is 1. The summed E-state index contributed by atoms with van der Waals surface area (Å²) in [4.78, 5) is 17.7. The third kappa shape index (κ3) is 5.17. The van der Waals surface area contributed by atoms with E-state index in [0.717, 1.165) is 56.4 Å². The highest BCUT2D eigenvalue weighted by atomic mass is 16.5. The van der Waals surface area contributed by atoms with Crippen LogP contribution in [0, 0.1) is 5.92 Å². The van der Waals surface area contributed by atoms with Crippen molar-refractivity contribution in [2.45, 2.75) is 76.9 Å². The molecule has 168 valence electrons. The van der Waals surface area contributed by atoms with E-state index in [0.29, 0.717) is 38.6 Å². The maximum Gasteiger partial charge on any atom is 0.227 e. The molecule has 1 N–H and O–H groups in total. The average molecular weight is 417 g/mol. The van der Waals surface area contributed by atoms with E-state index in [9.17, 15) is 9.90 Å². The molecule has 5 heteroatoms. The topological polar surface area (TPSA) is 53.0 Å².